The molecule has 0 N–H and O–H groups in total. The molecule has 186 valence electrons. The van der Waals surface area contributed by atoms with Gasteiger partial charge in [-0.1, -0.05) is 30.3 Å². The second-order valence-electron chi connectivity index (χ2n) is 8.67. The van der Waals surface area contributed by atoms with E-state index in [9.17, 15) is 27.7 Å². The van der Waals surface area contributed by atoms with E-state index in [1.165, 1.54) is 4.90 Å². The van der Waals surface area contributed by atoms with Crippen molar-refractivity contribution in [2.75, 3.05) is 12.3 Å². The number of carbonyl (C=O) groups is 2. The summed E-state index contributed by atoms with van der Waals surface area (Å²) in [6.45, 7) is -0.516. The second kappa shape index (κ2) is 11.5. The van der Waals surface area contributed by atoms with E-state index in [0.717, 1.165) is 5.56 Å². The Kier molecular flexibility index (Phi) is 9.44. The summed E-state index contributed by atoms with van der Waals surface area (Å²) in [6, 6.07) is 14.4. The van der Waals surface area contributed by atoms with Gasteiger partial charge in [0.25, 0.3) is 11.3 Å². The fourth-order valence-corrected chi connectivity index (χ4v) is 6.24. The molecule has 0 radical (unpaired) electrons. The third kappa shape index (κ3) is 5.21. The maximum absolute atomic E-state index is 13.4. The summed E-state index contributed by atoms with van der Waals surface area (Å²) in [6.07, 6.45) is 2.16. The van der Waals surface area contributed by atoms with Crippen LogP contribution in [0.3, 0.4) is 0 Å². The molecule has 1 amide bonds. The molecule has 6 rings (SSSR count). The number of carbonyl (C=O) groups excluding carboxylic acids is 2. The van der Waals surface area contributed by atoms with Gasteiger partial charge in [-0.25, -0.2) is 18.0 Å². The van der Waals surface area contributed by atoms with Gasteiger partial charge in [-0.2, -0.15) is 4.48 Å². The Morgan fingerprint density at radius 1 is 1.16 bits per heavy atom. The molecule has 4 aliphatic rings. The zero-order valence-corrected chi connectivity index (χ0v) is 26.0. The van der Waals surface area contributed by atoms with Crippen LogP contribution in [0.5, 0.6) is 5.75 Å². The van der Waals surface area contributed by atoms with Crippen molar-refractivity contribution in [1.29, 1.82) is 0 Å². The van der Waals surface area contributed by atoms with Crippen LogP contribution in [0.4, 0.5) is 5.69 Å². The van der Waals surface area contributed by atoms with Crippen molar-refractivity contribution in [1.82, 2.24) is 9.38 Å². The number of para-hydroxylation sites is 2. The smallest absolute Gasteiger partial charge is 1.00 e. The van der Waals surface area contributed by atoms with Crippen molar-refractivity contribution in [3.8, 4) is 5.75 Å². The fraction of sp³-hybridized carbons (Fsp3) is 0.304. The first-order valence-electron chi connectivity index (χ1n) is 11.0. The fourth-order valence-electron chi connectivity index (χ4n) is 5.23. The molecule has 0 saturated carbocycles. The Morgan fingerprint density at radius 3 is 2.46 bits per heavy atom. The number of nitrogens with zero attached hydrogens (tertiary/aromatic N) is 3. The third-order valence-corrected chi connectivity index (χ3v) is 7.99. The maximum atomic E-state index is 13.4. The molecule has 0 spiro atoms. The van der Waals surface area contributed by atoms with Crippen LogP contribution in [0.25, 0.3) is 0 Å². The normalized spacial score (nSPS) is 26.6. The standard InChI is InChI=1S/C23H21N3O7S2.2Na.2H/c27-20(28)14-24-21-18(26(22(21)29,23(24)34)15-7-2-1-3-8-15)13-25-17(10-6-12-35(30,31)32)16-9-4-5-11-19(16)33-25;;;;/h1-5,7-9,11,13,17-18,21H,6,10,12,14H2;;;;/q;2*+1;2*-1. The van der Waals surface area contributed by atoms with Crippen LogP contribution in [0.2, 0.25) is 0 Å². The molecular formula is C23H23N3Na2O7S2. The minimum Gasteiger partial charge on any atom is -1.00 e. The Balaban J connectivity index is 0.00000190. The molecule has 3 fully saturated rings. The molecule has 10 nitrogen and oxygen atoms in total. The number of hydrogen-bond acceptors (Lipinski definition) is 8. The quantitative estimate of drug-likeness (QED) is 0.0771. The summed E-state index contributed by atoms with van der Waals surface area (Å²) in [4.78, 5) is 32.2. The average molecular weight is 564 g/mol. The number of carboxylic acid groups (broad SMARTS) is 1. The van der Waals surface area contributed by atoms with Crippen LogP contribution in [-0.2, 0) is 19.7 Å². The van der Waals surface area contributed by atoms with Gasteiger partial charge in [-0.3, -0.25) is 4.90 Å². The largest absolute Gasteiger partial charge is 1.00 e. The van der Waals surface area contributed by atoms with Gasteiger partial charge in [0.1, 0.15) is 5.69 Å². The SMILES string of the molecule is O=C([O-])CN1C(=S)[N+]2(c3ccccc3)C(=O)C1C2C=[N+]1Oc2ccccc2C1CCCS(=O)(=O)[O-].[H-].[H-].[Na+].[Na+]. The Hall–Kier alpha value is -1.19. The van der Waals surface area contributed by atoms with E-state index in [2.05, 4.69) is 0 Å². The van der Waals surface area contributed by atoms with E-state index in [1.54, 1.807) is 53.4 Å². The first-order valence-corrected chi connectivity index (χ1v) is 13.0. The molecule has 14 heteroatoms. The summed E-state index contributed by atoms with van der Waals surface area (Å²) in [7, 11) is -4.37. The maximum Gasteiger partial charge on any atom is 1.00 e. The Labute approximate surface area is 266 Å². The zero-order valence-electron chi connectivity index (χ0n) is 22.3. The van der Waals surface area contributed by atoms with E-state index in [0.29, 0.717) is 17.9 Å². The number of thiocarbonyl (C=S) groups is 1. The van der Waals surface area contributed by atoms with Gasteiger partial charge in [-0.15, -0.1) is 0 Å². The number of amides is 1. The number of hydrogen-bond donors (Lipinski definition) is 0. The first kappa shape index (κ1) is 30.4. The van der Waals surface area contributed by atoms with E-state index in [1.807, 2.05) is 12.1 Å². The molecule has 2 bridgehead atoms. The second-order valence-corrected chi connectivity index (χ2v) is 10.6. The monoisotopic (exact) mass is 563 g/mol. The molecule has 0 aromatic heterocycles. The number of rotatable bonds is 8. The minimum atomic E-state index is -4.37. The van der Waals surface area contributed by atoms with Crippen molar-refractivity contribution in [3.63, 3.8) is 0 Å². The van der Waals surface area contributed by atoms with Gasteiger partial charge in [0, 0.05) is 36.5 Å². The van der Waals surface area contributed by atoms with Crippen LogP contribution in [-0.4, -0.2) is 70.2 Å². The van der Waals surface area contributed by atoms with E-state index in [-0.39, 0.29) is 83.9 Å². The molecule has 4 heterocycles. The van der Waals surface area contributed by atoms with Gasteiger partial charge in [0.15, 0.2) is 0 Å². The molecule has 37 heavy (non-hydrogen) atoms. The van der Waals surface area contributed by atoms with Gasteiger partial charge in [0.2, 0.25) is 23.9 Å². The molecule has 2 aromatic rings. The number of β-lactam (4-membered cyclic amide) rings is 1. The van der Waals surface area contributed by atoms with Gasteiger partial charge in [0.05, 0.1) is 28.2 Å². The number of hydroxylamine groups is 1. The number of quaternary nitrogens is 1. The molecule has 3 saturated heterocycles. The van der Waals surface area contributed by atoms with E-state index in [4.69, 9.17) is 17.1 Å². The third-order valence-electron chi connectivity index (χ3n) is 6.68. The van der Waals surface area contributed by atoms with Crippen molar-refractivity contribution in [2.45, 2.75) is 31.0 Å². The predicted octanol–water partition coefficient (Wildman–Crippen LogP) is -5.69. The molecule has 2 aromatic carbocycles. The Morgan fingerprint density at radius 2 is 1.81 bits per heavy atom. The van der Waals surface area contributed by atoms with Crippen molar-refractivity contribution >= 4 is 51.2 Å². The summed E-state index contributed by atoms with van der Waals surface area (Å²) in [5.41, 5.74) is 1.42. The summed E-state index contributed by atoms with van der Waals surface area (Å²) in [5, 5.41) is 11.6. The molecular weight excluding hydrogens is 540 g/mol. The number of benzene rings is 2. The predicted molar refractivity (Wildman–Crippen MR) is 127 cm³/mol. The molecule has 4 atom stereocenters. The zero-order chi connectivity index (χ0) is 25.0. The number of carboxylic acids is 1. The van der Waals surface area contributed by atoms with Gasteiger partial charge in [-0.05, 0) is 23.3 Å². The summed E-state index contributed by atoms with van der Waals surface area (Å²) < 4.78 is 34.6. The summed E-state index contributed by atoms with van der Waals surface area (Å²) in [5.74, 6) is -1.51. The molecule has 4 unspecified atom stereocenters. The number of fused-ring (bicyclic) bond motifs is 2. The Bertz CT molecular complexity index is 1380. The van der Waals surface area contributed by atoms with Crippen LogP contribution in [0, 0.1) is 0 Å². The van der Waals surface area contributed by atoms with Crippen LogP contribution >= 0.6 is 12.2 Å². The van der Waals surface area contributed by atoms with Gasteiger partial charge < -0.3 is 17.3 Å². The van der Waals surface area contributed by atoms with Gasteiger partial charge >= 0.3 is 65.0 Å². The van der Waals surface area contributed by atoms with Crippen molar-refractivity contribution in [2.24, 2.45) is 0 Å². The summed E-state index contributed by atoms with van der Waals surface area (Å²) >= 11 is 5.63. The molecule has 0 aliphatic carbocycles. The minimum absolute atomic E-state index is 0. The number of aliphatic carboxylic acids is 1. The van der Waals surface area contributed by atoms with Crippen LogP contribution in [0.1, 0.15) is 27.3 Å². The van der Waals surface area contributed by atoms with Crippen LogP contribution in [0.15, 0.2) is 54.6 Å². The average Bonchev–Trinajstić information content (AvgIpc) is 3.34. The molecule has 4 aliphatic heterocycles. The first-order chi connectivity index (χ1) is 16.6. The topological polar surface area (TPSA) is 130 Å². The van der Waals surface area contributed by atoms with Crippen molar-refractivity contribution < 1.29 is 99.2 Å². The van der Waals surface area contributed by atoms with Crippen LogP contribution < -0.4 is 73.5 Å². The van der Waals surface area contributed by atoms with Crippen molar-refractivity contribution in [3.05, 3.63) is 60.2 Å². The van der Waals surface area contributed by atoms with E-state index >= 15 is 0 Å². The van der Waals surface area contributed by atoms with E-state index < -0.39 is 46.5 Å².